The minimum Gasteiger partial charge on any atom is -0.493 e. The molecule has 1 amide bonds. The van der Waals surface area contributed by atoms with Gasteiger partial charge >= 0.3 is 11.9 Å². The van der Waals surface area contributed by atoms with Crippen molar-refractivity contribution in [1.82, 2.24) is 4.98 Å². The van der Waals surface area contributed by atoms with Crippen LogP contribution in [-0.4, -0.2) is 36.0 Å². The Balaban J connectivity index is 0.000000305. The van der Waals surface area contributed by atoms with E-state index in [9.17, 15) is 18.8 Å². The van der Waals surface area contributed by atoms with Crippen LogP contribution in [0.4, 0.5) is 4.39 Å². The molecule has 0 aliphatic carbocycles. The summed E-state index contributed by atoms with van der Waals surface area (Å²) in [6.07, 6.45) is 1.81. The standard InChI is InChI=1S/C13H17FO2.C9H10N2O4.C7H8/c1-4-13(15)16-10(3)8-11-6-5-9(2)7-12(11)14;1-5(12)15-8-6(14-2)3-4-11-7(8)9(10)13;1-7-5-3-2-4-6-7/h5-7,10H,4,8H2,1-3H3;3-4H,1-2H3,(H2,10,13);2-6H,1H3. The van der Waals surface area contributed by atoms with Gasteiger partial charge in [-0.15, -0.1) is 0 Å². The van der Waals surface area contributed by atoms with Crippen molar-refractivity contribution in [2.45, 2.75) is 53.6 Å². The number of primary amides is 1. The number of hydrogen-bond donors (Lipinski definition) is 1. The second-order valence-electron chi connectivity index (χ2n) is 8.26. The smallest absolute Gasteiger partial charge is 0.308 e. The highest BCUT2D eigenvalue weighted by Gasteiger charge is 2.18. The maximum Gasteiger partial charge on any atom is 0.308 e. The Labute approximate surface area is 222 Å². The fourth-order valence-electron chi connectivity index (χ4n) is 3.02. The van der Waals surface area contributed by atoms with E-state index in [2.05, 4.69) is 24.0 Å². The van der Waals surface area contributed by atoms with E-state index in [1.54, 1.807) is 19.9 Å². The Morgan fingerprint density at radius 3 is 2.16 bits per heavy atom. The first-order chi connectivity index (χ1) is 18.0. The SMILES string of the molecule is CCC(=O)OC(C)Cc1ccc(C)cc1F.COc1ccnc(C(N)=O)c1OC(C)=O.Cc1ccccc1. The third-order valence-electron chi connectivity index (χ3n) is 4.85. The maximum atomic E-state index is 13.5. The summed E-state index contributed by atoms with van der Waals surface area (Å²) in [7, 11) is 1.38. The van der Waals surface area contributed by atoms with E-state index in [-0.39, 0.29) is 35.1 Å². The summed E-state index contributed by atoms with van der Waals surface area (Å²) in [6.45, 7) is 8.64. The minimum atomic E-state index is -0.787. The Kier molecular flexibility index (Phi) is 13.8. The highest BCUT2D eigenvalue weighted by molar-refractivity contribution is 5.95. The predicted octanol–water partition coefficient (Wildman–Crippen LogP) is 5.13. The van der Waals surface area contributed by atoms with E-state index >= 15 is 0 Å². The zero-order valence-electron chi connectivity index (χ0n) is 22.6. The zero-order valence-corrected chi connectivity index (χ0v) is 22.6. The van der Waals surface area contributed by atoms with Gasteiger partial charge in [-0.2, -0.15) is 0 Å². The van der Waals surface area contributed by atoms with Crippen molar-refractivity contribution in [3.05, 3.63) is 89.0 Å². The summed E-state index contributed by atoms with van der Waals surface area (Å²) in [5, 5.41) is 0. The van der Waals surface area contributed by atoms with Crippen LogP contribution < -0.4 is 15.2 Å². The second-order valence-corrected chi connectivity index (χ2v) is 8.26. The summed E-state index contributed by atoms with van der Waals surface area (Å²) in [4.78, 5) is 36.5. The fourth-order valence-corrected chi connectivity index (χ4v) is 3.02. The van der Waals surface area contributed by atoms with E-state index < -0.39 is 11.9 Å². The number of hydrogen-bond acceptors (Lipinski definition) is 7. The lowest BCUT2D eigenvalue weighted by Crippen LogP contribution is -2.17. The molecule has 1 unspecified atom stereocenters. The van der Waals surface area contributed by atoms with Gasteiger partial charge in [0.2, 0.25) is 5.75 Å². The van der Waals surface area contributed by atoms with Gasteiger partial charge in [0.15, 0.2) is 11.4 Å². The Hall–Kier alpha value is -4.27. The van der Waals surface area contributed by atoms with Gasteiger partial charge in [-0.05, 0) is 38.0 Å². The fraction of sp³-hybridized carbons (Fsp3) is 0.310. The first-order valence-corrected chi connectivity index (χ1v) is 12.0. The number of aryl methyl sites for hydroxylation is 2. The average molecular weight is 527 g/mol. The number of rotatable bonds is 7. The van der Waals surface area contributed by atoms with Crippen molar-refractivity contribution < 1.29 is 33.0 Å². The quantitative estimate of drug-likeness (QED) is 0.424. The number of ether oxygens (including phenoxy) is 3. The summed E-state index contributed by atoms with van der Waals surface area (Å²) in [5.41, 5.74) is 7.73. The lowest BCUT2D eigenvalue weighted by Gasteiger charge is -2.13. The van der Waals surface area contributed by atoms with Crippen LogP contribution in [-0.2, 0) is 20.7 Å². The molecule has 0 radical (unpaired) electrons. The summed E-state index contributed by atoms with van der Waals surface area (Å²) in [6, 6.07) is 16.8. The lowest BCUT2D eigenvalue weighted by atomic mass is 10.1. The van der Waals surface area contributed by atoms with Crippen molar-refractivity contribution in [3.8, 4) is 11.5 Å². The monoisotopic (exact) mass is 526 g/mol. The number of halogens is 1. The predicted molar refractivity (Wildman–Crippen MR) is 142 cm³/mol. The molecular formula is C29H35FN2O6. The number of amides is 1. The van der Waals surface area contributed by atoms with Gasteiger partial charge in [0.05, 0.1) is 7.11 Å². The molecule has 0 spiro atoms. The highest BCUT2D eigenvalue weighted by atomic mass is 19.1. The molecule has 2 aromatic carbocycles. The molecule has 9 heteroatoms. The molecule has 2 N–H and O–H groups in total. The molecular weight excluding hydrogens is 491 g/mol. The van der Waals surface area contributed by atoms with Gasteiger partial charge in [-0.1, -0.05) is 55.0 Å². The largest absolute Gasteiger partial charge is 0.493 e. The van der Waals surface area contributed by atoms with Crippen LogP contribution in [0.15, 0.2) is 60.8 Å². The minimum absolute atomic E-state index is 0.0556. The number of benzene rings is 2. The van der Waals surface area contributed by atoms with Crippen molar-refractivity contribution >= 4 is 17.8 Å². The average Bonchev–Trinajstić information content (AvgIpc) is 2.86. The number of nitrogens with zero attached hydrogens (tertiary/aromatic N) is 1. The van der Waals surface area contributed by atoms with Crippen molar-refractivity contribution in [2.75, 3.05) is 7.11 Å². The third kappa shape index (κ3) is 11.6. The lowest BCUT2D eigenvalue weighted by molar-refractivity contribution is -0.147. The summed E-state index contributed by atoms with van der Waals surface area (Å²) >= 11 is 0. The molecule has 0 aliphatic heterocycles. The van der Waals surface area contributed by atoms with E-state index in [1.165, 1.54) is 37.9 Å². The van der Waals surface area contributed by atoms with Gasteiger partial charge in [0, 0.05) is 32.0 Å². The highest BCUT2D eigenvalue weighted by Crippen LogP contribution is 2.29. The molecule has 1 heterocycles. The molecule has 0 fully saturated rings. The normalized spacial score (nSPS) is 10.5. The number of aromatic nitrogens is 1. The van der Waals surface area contributed by atoms with Crippen LogP contribution in [0.25, 0.3) is 0 Å². The van der Waals surface area contributed by atoms with Crippen LogP contribution >= 0.6 is 0 Å². The molecule has 38 heavy (non-hydrogen) atoms. The molecule has 0 saturated carbocycles. The maximum absolute atomic E-state index is 13.5. The van der Waals surface area contributed by atoms with Gasteiger partial charge in [-0.3, -0.25) is 14.4 Å². The number of nitrogens with two attached hydrogens (primary N) is 1. The number of esters is 2. The molecule has 3 aromatic rings. The topological polar surface area (TPSA) is 118 Å². The molecule has 1 atom stereocenters. The summed E-state index contributed by atoms with van der Waals surface area (Å²) < 4.78 is 28.3. The summed E-state index contributed by atoms with van der Waals surface area (Å²) in [5.74, 6) is -1.68. The van der Waals surface area contributed by atoms with Crippen LogP contribution in [0.3, 0.4) is 0 Å². The van der Waals surface area contributed by atoms with Crippen molar-refractivity contribution in [1.29, 1.82) is 0 Å². The van der Waals surface area contributed by atoms with Crippen LogP contribution in [0.5, 0.6) is 11.5 Å². The van der Waals surface area contributed by atoms with E-state index in [1.807, 2.05) is 31.2 Å². The molecule has 0 bridgehead atoms. The van der Waals surface area contributed by atoms with Gasteiger partial charge in [0.25, 0.3) is 5.91 Å². The molecule has 0 aliphatic rings. The third-order valence-corrected chi connectivity index (χ3v) is 4.85. The Morgan fingerprint density at radius 1 is 1.03 bits per heavy atom. The molecule has 0 saturated heterocycles. The molecule has 204 valence electrons. The first kappa shape index (κ1) is 31.8. The van der Waals surface area contributed by atoms with E-state index in [0.717, 1.165) is 5.56 Å². The van der Waals surface area contributed by atoms with Gasteiger partial charge < -0.3 is 19.9 Å². The first-order valence-electron chi connectivity index (χ1n) is 12.0. The van der Waals surface area contributed by atoms with Crippen LogP contribution in [0, 0.1) is 19.7 Å². The second kappa shape index (κ2) is 16.5. The van der Waals surface area contributed by atoms with Gasteiger partial charge in [-0.25, -0.2) is 9.37 Å². The van der Waals surface area contributed by atoms with E-state index in [4.69, 9.17) is 19.9 Å². The van der Waals surface area contributed by atoms with E-state index in [0.29, 0.717) is 18.4 Å². The van der Waals surface area contributed by atoms with Crippen molar-refractivity contribution in [3.63, 3.8) is 0 Å². The number of pyridine rings is 1. The molecule has 1 aromatic heterocycles. The number of carbonyl (C=O) groups is 3. The van der Waals surface area contributed by atoms with Crippen LogP contribution in [0.2, 0.25) is 0 Å². The van der Waals surface area contributed by atoms with Crippen LogP contribution in [0.1, 0.15) is 54.4 Å². The van der Waals surface area contributed by atoms with Crippen molar-refractivity contribution in [2.24, 2.45) is 5.73 Å². The Morgan fingerprint density at radius 2 is 1.68 bits per heavy atom. The number of carbonyl (C=O) groups excluding carboxylic acids is 3. The Bertz CT molecular complexity index is 1200. The molecule has 3 rings (SSSR count). The number of methoxy groups -OCH3 is 1. The molecule has 8 nitrogen and oxygen atoms in total. The van der Waals surface area contributed by atoms with Gasteiger partial charge in [0.1, 0.15) is 11.9 Å². The zero-order chi connectivity index (χ0) is 28.7.